The summed E-state index contributed by atoms with van der Waals surface area (Å²) in [7, 11) is 0. The average Bonchev–Trinajstić information content (AvgIpc) is 3.17. The van der Waals surface area contributed by atoms with Crippen LogP contribution in [-0.4, -0.2) is 44.9 Å². The second kappa shape index (κ2) is 7.04. The monoisotopic (exact) mass is 392 g/mol. The number of carbonyl (C=O) groups is 2. The van der Waals surface area contributed by atoms with Crippen molar-refractivity contribution < 1.29 is 14.7 Å². The van der Waals surface area contributed by atoms with Crippen LogP contribution in [0, 0.1) is 5.92 Å². The minimum absolute atomic E-state index is 0.237. The van der Waals surface area contributed by atoms with Gasteiger partial charge in [0.05, 0.1) is 18.7 Å². The number of hydrogen-bond donors (Lipinski definition) is 2. The first-order chi connectivity index (χ1) is 11.5. The van der Waals surface area contributed by atoms with E-state index in [-0.39, 0.29) is 12.6 Å². The van der Waals surface area contributed by atoms with E-state index in [1.165, 1.54) is 4.90 Å². The van der Waals surface area contributed by atoms with Crippen LogP contribution in [0.15, 0.2) is 41.0 Å². The maximum absolute atomic E-state index is 12.3. The SMILES string of the molecule is O=C(O)C1CCN(C(=O)Nc2ccnn2Cc2cccc(Br)c2)C1. The third-order valence-corrected chi connectivity index (χ3v) is 4.49. The number of carboxylic acid groups (broad SMARTS) is 1. The molecule has 2 amide bonds. The van der Waals surface area contributed by atoms with Crippen molar-refractivity contribution in [1.82, 2.24) is 14.7 Å². The molecule has 1 saturated heterocycles. The van der Waals surface area contributed by atoms with Crippen molar-refractivity contribution >= 4 is 33.7 Å². The van der Waals surface area contributed by atoms with E-state index in [2.05, 4.69) is 26.3 Å². The van der Waals surface area contributed by atoms with Crippen molar-refractivity contribution in [2.45, 2.75) is 13.0 Å². The highest BCUT2D eigenvalue weighted by Crippen LogP contribution is 2.19. The number of likely N-dealkylation sites (tertiary alicyclic amines) is 1. The standard InChI is InChI=1S/C16H17BrN4O3/c17-13-3-1-2-11(8-13)9-21-14(4-6-18-21)19-16(24)20-7-5-12(10-20)15(22)23/h1-4,6,8,12H,5,7,9-10H2,(H,19,24)(H,22,23). The first-order valence-electron chi connectivity index (χ1n) is 7.58. The maximum Gasteiger partial charge on any atom is 0.323 e. The number of halogens is 1. The van der Waals surface area contributed by atoms with Crippen LogP contribution in [0.4, 0.5) is 10.6 Å². The molecule has 1 atom stereocenters. The number of aromatic nitrogens is 2. The summed E-state index contributed by atoms with van der Waals surface area (Å²) < 4.78 is 2.68. The number of anilines is 1. The molecular formula is C16H17BrN4O3. The van der Waals surface area contributed by atoms with Gasteiger partial charge in [-0.2, -0.15) is 5.10 Å². The van der Waals surface area contributed by atoms with Gasteiger partial charge in [-0.3, -0.25) is 10.1 Å². The largest absolute Gasteiger partial charge is 0.481 e. The first kappa shape index (κ1) is 16.5. The Kier molecular flexibility index (Phi) is 4.84. The molecule has 1 unspecified atom stereocenters. The van der Waals surface area contributed by atoms with Crippen LogP contribution in [-0.2, 0) is 11.3 Å². The molecule has 2 N–H and O–H groups in total. The van der Waals surface area contributed by atoms with Gasteiger partial charge in [-0.15, -0.1) is 0 Å². The van der Waals surface area contributed by atoms with E-state index in [1.54, 1.807) is 16.9 Å². The van der Waals surface area contributed by atoms with E-state index in [0.29, 0.717) is 25.3 Å². The fourth-order valence-electron chi connectivity index (χ4n) is 2.71. The predicted molar refractivity (Wildman–Crippen MR) is 91.8 cm³/mol. The molecule has 8 heteroatoms. The summed E-state index contributed by atoms with van der Waals surface area (Å²) in [6.45, 7) is 1.21. The lowest BCUT2D eigenvalue weighted by atomic mass is 10.1. The predicted octanol–water partition coefficient (Wildman–Crippen LogP) is 2.63. The number of hydrogen-bond acceptors (Lipinski definition) is 3. The van der Waals surface area contributed by atoms with Gasteiger partial charge in [0.2, 0.25) is 0 Å². The number of amides is 2. The number of aliphatic carboxylic acids is 1. The molecule has 2 aromatic rings. The summed E-state index contributed by atoms with van der Waals surface area (Å²) in [6.07, 6.45) is 2.11. The summed E-state index contributed by atoms with van der Waals surface area (Å²) >= 11 is 3.43. The van der Waals surface area contributed by atoms with Crippen molar-refractivity contribution in [3.05, 3.63) is 46.6 Å². The second-order valence-electron chi connectivity index (χ2n) is 5.70. The zero-order valence-electron chi connectivity index (χ0n) is 12.9. The lowest BCUT2D eigenvalue weighted by molar-refractivity contribution is -0.141. The van der Waals surface area contributed by atoms with Crippen molar-refractivity contribution in [3.8, 4) is 0 Å². The van der Waals surface area contributed by atoms with Crippen LogP contribution in [0.5, 0.6) is 0 Å². The quantitative estimate of drug-likeness (QED) is 0.836. The van der Waals surface area contributed by atoms with Crippen LogP contribution < -0.4 is 5.32 Å². The minimum atomic E-state index is -0.856. The Morgan fingerprint density at radius 2 is 2.21 bits per heavy atom. The number of benzene rings is 1. The first-order valence-corrected chi connectivity index (χ1v) is 8.37. The molecule has 126 valence electrons. The van der Waals surface area contributed by atoms with Gasteiger partial charge in [0, 0.05) is 23.6 Å². The van der Waals surface area contributed by atoms with Gasteiger partial charge in [0.1, 0.15) is 5.82 Å². The van der Waals surface area contributed by atoms with Gasteiger partial charge in [-0.1, -0.05) is 28.1 Å². The van der Waals surface area contributed by atoms with Crippen molar-refractivity contribution in [2.24, 2.45) is 5.92 Å². The highest BCUT2D eigenvalue weighted by Gasteiger charge is 2.31. The topological polar surface area (TPSA) is 87.5 Å². The van der Waals surface area contributed by atoms with E-state index >= 15 is 0 Å². The summed E-state index contributed by atoms with van der Waals surface area (Å²) in [5.74, 6) is -0.758. The Balaban J connectivity index is 1.65. The zero-order valence-corrected chi connectivity index (χ0v) is 14.4. The number of carbonyl (C=O) groups excluding carboxylic acids is 1. The molecule has 1 aromatic carbocycles. The number of urea groups is 1. The van der Waals surface area contributed by atoms with Crippen molar-refractivity contribution in [2.75, 3.05) is 18.4 Å². The molecule has 0 spiro atoms. The molecule has 2 heterocycles. The lowest BCUT2D eigenvalue weighted by Crippen LogP contribution is -2.34. The Morgan fingerprint density at radius 1 is 1.38 bits per heavy atom. The van der Waals surface area contributed by atoms with Gasteiger partial charge >= 0.3 is 12.0 Å². The normalized spacial score (nSPS) is 17.0. The number of rotatable bonds is 4. The Hall–Kier alpha value is -2.35. The van der Waals surface area contributed by atoms with Crippen LogP contribution in [0.25, 0.3) is 0 Å². The summed E-state index contributed by atoms with van der Waals surface area (Å²) in [5, 5.41) is 16.1. The fraction of sp³-hybridized carbons (Fsp3) is 0.312. The summed E-state index contributed by atoms with van der Waals surface area (Å²) in [6, 6.07) is 9.29. The lowest BCUT2D eigenvalue weighted by Gasteiger charge is -2.17. The minimum Gasteiger partial charge on any atom is -0.481 e. The van der Waals surface area contributed by atoms with Gasteiger partial charge in [-0.25, -0.2) is 9.48 Å². The molecule has 1 aromatic heterocycles. The Labute approximate surface area is 147 Å². The molecule has 24 heavy (non-hydrogen) atoms. The smallest absolute Gasteiger partial charge is 0.323 e. The molecule has 0 radical (unpaired) electrons. The van der Waals surface area contributed by atoms with Gasteiger partial charge in [-0.05, 0) is 24.1 Å². The van der Waals surface area contributed by atoms with E-state index < -0.39 is 11.9 Å². The third kappa shape index (κ3) is 3.76. The highest BCUT2D eigenvalue weighted by atomic mass is 79.9. The fourth-order valence-corrected chi connectivity index (χ4v) is 3.15. The number of nitrogens with one attached hydrogen (secondary N) is 1. The number of carboxylic acids is 1. The van der Waals surface area contributed by atoms with Crippen LogP contribution in [0.2, 0.25) is 0 Å². The van der Waals surface area contributed by atoms with Crippen LogP contribution >= 0.6 is 15.9 Å². The summed E-state index contributed by atoms with van der Waals surface area (Å²) in [5.41, 5.74) is 1.05. The molecule has 0 saturated carbocycles. The van der Waals surface area contributed by atoms with Crippen molar-refractivity contribution in [3.63, 3.8) is 0 Å². The molecular weight excluding hydrogens is 376 g/mol. The van der Waals surface area contributed by atoms with Gasteiger partial charge in [0.15, 0.2) is 0 Å². The summed E-state index contributed by atoms with van der Waals surface area (Å²) in [4.78, 5) is 24.8. The Morgan fingerprint density at radius 3 is 2.92 bits per heavy atom. The molecule has 1 aliphatic heterocycles. The van der Waals surface area contributed by atoms with E-state index in [9.17, 15) is 9.59 Å². The molecule has 3 rings (SSSR count). The van der Waals surface area contributed by atoms with Crippen molar-refractivity contribution in [1.29, 1.82) is 0 Å². The van der Waals surface area contributed by atoms with E-state index in [1.807, 2.05) is 24.3 Å². The Bertz CT molecular complexity index is 761. The van der Waals surface area contributed by atoms with E-state index in [0.717, 1.165) is 10.0 Å². The maximum atomic E-state index is 12.3. The van der Waals surface area contributed by atoms with Crippen LogP contribution in [0.3, 0.4) is 0 Å². The van der Waals surface area contributed by atoms with Gasteiger partial charge < -0.3 is 10.0 Å². The molecule has 0 aliphatic carbocycles. The highest BCUT2D eigenvalue weighted by molar-refractivity contribution is 9.10. The zero-order chi connectivity index (χ0) is 17.1. The number of nitrogens with zero attached hydrogens (tertiary/aromatic N) is 3. The third-order valence-electron chi connectivity index (χ3n) is 4.00. The molecule has 7 nitrogen and oxygen atoms in total. The van der Waals surface area contributed by atoms with E-state index in [4.69, 9.17) is 5.11 Å². The molecule has 1 fully saturated rings. The second-order valence-corrected chi connectivity index (χ2v) is 6.62. The molecule has 0 bridgehead atoms. The molecule has 1 aliphatic rings. The average molecular weight is 393 g/mol. The van der Waals surface area contributed by atoms with Crippen LogP contribution in [0.1, 0.15) is 12.0 Å². The van der Waals surface area contributed by atoms with Gasteiger partial charge in [0.25, 0.3) is 0 Å².